The molecular weight excluding hydrogens is 346 g/mol. The van der Waals surface area contributed by atoms with E-state index in [2.05, 4.69) is 11.4 Å². The van der Waals surface area contributed by atoms with Crippen LogP contribution in [0.25, 0.3) is 0 Å². The predicted molar refractivity (Wildman–Crippen MR) is 98.4 cm³/mol. The van der Waals surface area contributed by atoms with Crippen molar-refractivity contribution in [2.24, 2.45) is 11.3 Å². The summed E-state index contributed by atoms with van der Waals surface area (Å²) in [7, 11) is 1.65. The van der Waals surface area contributed by atoms with Crippen LogP contribution in [0.1, 0.15) is 37.2 Å². The zero-order valence-electron chi connectivity index (χ0n) is 15.6. The number of hydrogen-bond acceptors (Lipinski definition) is 5. The fourth-order valence-electron chi connectivity index (χ4n) is 4.59. The van der Waals surface area contributed by atoms with Crippen LogP contribution in [-0.2, 0) is 9.59 Å². The topological polar surface area (TPSA) is 90.9 Å². The molecule has 2 aliphatic heterocycles. The number of hydrogen-bond donors (Lipinski definition) is 3. The lowest BCUT2D eigenvalue weighted by molar-refractivity contribution is -0.144. The maximum Gasteiger partial charge on any atom is 0.248 e. The van der Waals surface area contributed by atoms with E-state index < -0.39 is 17.9 Å². The number of nitrogens with one attached hydrogen (secondary N) is 2. The zero-order chi connectivity index (χ0) is 19.0. The number of likely N-dealkylation sites (tertiary alicyclic amines) is 1. The molecule has 2 heterocycles. The molecule has 2 saturated heterocycles. The van der Waals surface area contributed by atoms with Gasteiger partial charge in [0.2, 0.25) is 11.8 Å². The first-order chi connectivity index (χ1) is 13.0. The van der Waals surface area contributed by atoms with Crippen molar-refractivity contribution >= 4 is 11.8 Å². The maximum absolute atomic E-state index is 13.1. The first-order valence-electron chi connectivity index (χ1n) is 9.65. The Bertz CT molecular complexity index is 734. The molecule has 0 aromatic heterocycles. The van der Waals surface area contributed by atoms with Gasteiger partial charge in [0.05, 0.1) is 19.1 Å². The second-order valence-corrected chi connectivity index (χ2v) is 8.19. The number of carbonyl (C=O) groups is 2. The van der Waals surface area contributed by atoms with Crippen LogP contribution in [0, 0.1) is 11.3 Å². The van der Waals surface area contributed by atoms with Gasteiger partial charge >= 0.3 is 0 Å². The third-order valence-electron chi connectivity index (χ3n) is 6.49. The Balaban J connectivity index is 1.45. The van der Waals surface area contributed by atoms with Gasteiger partial charge in [-0.05, 0) is 48.8 Å². The molecule has 1 unspecified atom stereocenters. The molecule has 3 N–H and O–H groups in total. The van der Waals surface area contributed by atoms with E-state index >= 15 is 0 Å². The van der Waals surface area contributed by atoms with E-state index in [9.17, 15) is 9.59 Å². The Labute approximate surface area is 159 Å². The highest BCUT2D eigenvalue weighted by Crippen LogP contribution is 2.52. The van der Waals surface area contributed by atoms with Crippen molar-refractivity contribution < 1.29 is 19.5 Å². The zero-order valence-corrected chi connectivity index (χ0v) is 15.6. The van der Waals surface area contributed by atoms with Gasteiger partial charge in [0.1, 0.15) is 5.75 Å². The van der Waals surface area contributed by atoms with E-state index in [0.717, 1.165) is 31.6 Å². The van der Waals surface area contributed by atoms with Crippen molar-refractivity contribution in [2.45, 2.75) is 37.6 Å². The highest BCUT2D eigenvalue weighted by atomic mass is 16.5. The summed E-state index contributed by atoms with van der Waals surface area (Å²) >= 11 is 0. The van der Waals surface area contributed by atoms with Gasteiger partial charge in [-0.2, -0.15) is 0 Å². The van der Waals surface area contributed by atoms with Crippen LogP contribution in [-0.4, -0.2) is 54.7 Å². The summed E-state index contributed by atoms with van der Waals surface area (Å²) in [5.41, 5.74) is 3.07. The molecule has 1 aliphatic carbocycles. The Morgan fingerprint density at radius 2 is 2.19 bits per heavy atom. The van der Waals surface area contributed by atoms with Gasteiger partial charge in [-0.3, -0.25) is 14.8 Å². The summed E-state index contributed by atoms with van der Waals surface area (Å²) in [5, 5.41) is 12.4. The van der Waals surface area contributed by atoms with Crippen molar-refractivity contribution in [2.75, 3.05) is 26.7 Å². The largest absolute Gasteiger partial charge is 0.497 e. The fourth-order valence-corrected chi connectivity index (χ4v) is 4.59. The first-order valence-corrected chi connectivity index (χ1v) is 9.65. The lowest BCUT2D eigenvalue weighted by atomic mass is 9.81. The Hall–Kier alpha value is -2.12. The molecule has 1 spiro atoms. The quantitative estimate of drug-likeness (QED) is 0.546. The molecule has 27 heavy (non-hydrogen) atoms. The summed E-state index contributed by atoms with van der Waals surface area (Å²) < 4.78 is 5.30. The third kappa shape index (κ3) is 3.53. The Kier molecular flexibility index (Phi) is 4.82. The molecule has 7 nitrogen and oxygen atoms in total. The summed E-state index contributed by atoms with van der Waals surface area (Å²) in [6.45, 7) is 2.09. The lowest BCUT2D eigenvalue weighted by Crippen LogP contribution is -2.58. The van der Waals surface area contributed by atoms with Gasteiger partial charge in [-0.15, -0.1) is 0 Å². The summed E-state index contributed by atoms with van der Waals surface area (Å²) in [4.78, 5) is 27.2. The monoisotopic (exact) mass is 373 g/mol. The van der Waals surface area contributed by atoms with E-state index in [-0.39, 0.29) is 17.2 Å². The minimum Gasteiger partial charge on any atom is -0.497 e. The number of carbonyl (C=O) groups excluding carboxylic acids is 2. The molecule has 4 rings (SSSR count). The molecule has 1 aromatic carbocycles. The van der Waals surface area contributed by atoms with Gasteiger partial charge in [0, 0.05) is 25.6 Å². The molecule has 3 aliphatic rings. The minimum atomic E-state index is -0.563. The van der Waals surface area contributed by atoms with Gasteiger partial charge in [-0.25, -0.2) is 5.48 Å². The van der Waals surface area contributed by atoms with E-state index in [0.29, 0.717) is 19.5 Å². The number of hydroxylamine groups is 1. The van der Waals surface area contributed by atoms with E-state index in [1.807, 2.05) is 23.1 Å². The Morgan fingerprint density at radius 3 is 2.89 bits per heavy atom. The summed E-state index contributed by atoms with van der Waals surface area (Å²) in [6, 6.07) is 7.42. The molecule has 0 radical (unpaired) electrons. The molecule has 0 bridgehead atoms. The van der Waals surface area contributed by atoms with Crippen LogP contribution in [0.3, 0.4) is 0 Å². The Morgan fingerprint density at radius 1 is 1.37 bits per heavy atom. The third-order valence-corrected chi connectivity index (χ3v) is 6.49. The van der Waals surface area contributed by atoms with Crippen molar-refractivity contribution in [3.8, 4) is 5.75 Å². The van der Waals surface area contributed by atoms with Crippen LogP contribution in [0.2, 0.25) is 0 Å². The van der Waals surface area contributed by atoms with Crippen LogP contribution in [0.4, 0.5) is 0 Å². The molecule has 1 aromatic rings. The highest BCUT2D eigenvalue weighted by molar-refractivity contribution is 5.90. The number of ether oxygens (including phenoxy) is 1. The van der Waals surface area contributed by atoms with Crippen molar-refractivity contribution in [1.29, 1.82) is 0 Å². The minimum absolute atomic E-state index is 0.0375. The first kappa shape index (κ1) is 18.3. The molecule has 146 valence electrons. The van der Waals surface area contributed by atoms with E-state index in [1.54, 1.807) is 12.6 Å². The van der Waals surface area contributed by atoms with Crippen LogP contribution >= 0.6 is 0 Å². The van der Waals surface area contributed by atoms with Crippen molar-refractivity contribution in [1.82, 2.24) is 15.7 Å². The number of amides is 2. The van der Waals surface area contributed by atoms with Gasteiger partial charge in [0.15, 0.2) is 0 Å². The van der Waals surface area contributed by atoms with Crippen LogP contribution in [0.15, 0.2) is 24.3 Å². The molecule has 1 saturated carbocycles. The molecule has 3 atom stereocenters. The average Bonchev–Trinajstić information content (AvgIpc) is 3.27. The molecular formula is C20H27N3O4. The standard InChI is InChI=1S/C20H27N3O4/c1-27-15-4-2-3-13(9-15)14-5-8-23(11-14)19(25)17-16(18(24)22-26)10-20(6-7-20)12-21-17/h2-4,9,14,16-17,21,26H,5-8,10-12H2,1H3,(H,22,24)/t14?,16-,17-/m0/s1. The van der Waals surface area contributed by atoms with Crippen molar-refractivity contribution in [3.05, 3.63) is 29.8 Å². The van der Waals surface area contributed by atoms with Crippen LogP contribution in [0.5, 0.6) is 5.75 Å². The van der Waals surface area contributed by atoms with E-state index in [1.165, 1.54) is 5.56 Å². The highest BCUT2D eigenvalue weighted by Gasteiger charge is 2.53. The normalized spacial score (nSPS) is 28.8. The summed E-state index contributed by atoms with van der Waals surface area (Å²) in [5.74, 6) is 0.0719. The SMILES string of the molecule is COc1cccc(C2CCN(C(=O)[C@H]3NCC4(CC4)C[C@@H]3C(=O)NO)C2)c1. The van der Waals surface area contributed by atoms with Gasteiger partial charge in [-0.1, -0.05) is 12.1 Å². The lowest BCUT2D eigenvalue weighted by Gasteiger charge is -2.37. The maximum atomic E-state index is 13.1. The second-order valence-electron chi connectivity index (χ2n) is 8.19. The fraction of sp³-hybridized carbons (Fsp3) is 0.600. The van der Waals surface area contributed by atoms with Crippen molar-refractivity contribution in [3.63, 3.8) is 0 Å². The number of rotatable bonds is 4. The average molecular weight is 373 g/mol. The molecule has 7 heteroatoms. The number of piperidine rings is 1. The number of benzene rings is 1. The smallest absolute Gasteiger partial charge is 0.248 e. The summed E-state index contributed by atoms with van der Waals surface area (Å²) in [6.07, 6.45) is 3.72. The van der Waals surface area contributed by atoms with Crippen LogP contribution < -0.4 is 15.5 Å². The van der Waals surface area contributed by atoms with E-state index in [4.69, 9.17) is 9.94 Å². The molecule has 2 amide bonds. The predicted octanol–water partition coefficient (Wildman–Crippen LogP) is 1.27. The molecule has 3 fully saturated rings. The second kappa shape index (κ2) is 7.13. The number of nitrogens with zero attached hydrogens (tertiary/aromatic N) is 1. The number of methoxy groups -OCH3 is 1. The van der Waals surface area contributed by atoms with Gasteiger partial charge < -0.3 is 15.0 Å². The van der Waals surface area contributed by atoms with Gasteiger partial charge in [0.25, 0.3) is 0 Å².